The number of nitrogens with zero attached hydrogens (tertiary/aromatic N) is 1. The molecule has 6 heteroatoms. The van der Waals surface area contributed by atoms with Crippen LogP contribution < -0.4 is 5.32 Å². The van der Waals surface area contributed by atoms with Crippen molar-refractivity contribution < 1.29 is 14.7 Å². The number of carboxylic acids is 1. The summed E-state index contributed by atoms with van der Waals surface area (Å²) in [5.41, 5.74) is 1.91. The maximum absolute atomic E-state index is 12.3. The molecule has 2 aromatic rings. The molecule has 0 saturated heterocycles. The van der Waals surface area contributed by atoms with Crippen LogP contribution in [0, 0.1) is 6.92 Å². The molecule has 3 N–H and O–H groups in total. The molecule has 1 amide bonds. The van der Waals surface area contributed by atoms with Crippen molar-refractivity contribution in [2.75, 3.05) is 0 Å². The summed E-state index contributed by atoms with van der Waals surface area (Å²) in [5, 5.41) is 19.2. The Morgan fingerprint density at radius 2 is 2.29 bits per heavy atom. The predicted molar refractivity (Wildman–Crippen MR) is 79.2 cm³/mol. The number of nitrogens with one attached hydrogen (secondary N) is 2. The van der Waals surface area contributed by atoms with Crippen molar-refractivity contribution >= 4 is 22.8 Å². The highest BCUT2D eigenvalue weighted by atomic mass is 16.4. The molecule has 0 radical (unpaired) electrons. The minimum absolute atomic E-state index is 0.308. The van der Waals surface area contributed by atoms with E-state index in [-0.39, 0.29) is 0 Å². The largest absolute Gasteiger partial charge is 0.480 e. The molecular weight excluding hydrogens is 270 g/mol. The summed E-state index contributed by atoms with van der Waals surface area (Å²) < 4.78 is 0. The van der Waals surface area contributed by atoms with E-state index >= 15 is 0 Å². The van der Waals surface area contributed by atoms with Crippen molar-refractivity contribution in [1.29, 1.82) is 0 Å². The number of aromatic amines is 1. The summed E-state index contributed by atoms with van der Waals surface area (Å²) in [6.07, 6.45) is 4.08. The summed E-state index contributed by atoms with van der Waals surface area (Å²) in [7, 11) is 0. The smallest absolute Gasteiger partial charge is 0.326 e. The number of rotatable bonds is 6. The number of hydrogen-bond donors (Lipinski definition) is 3. The maximum atomic E-state index is 12.3. The summed E-state index contributed by atoms with van der Waals surface area (Å²) in [6, 6.07) is 2.68. The van der Waals surface area contributed by atoms with Crippen LogP contribution in [0.1, 0.15) is 28.8 Å². The molecule has 0 aliphatic carbocycles. The Balaban J connectivity index is 2.26. The second-order valence-electron chi connectivity index (χ2n) is 4.88. The number of allylic oxidation sites excluding steroid dienone is 1. The number of aryl methyl sites for hydroxylation is 1. The van der Waals surface area contributed by atoms with Crippen LogP contribution >= 0.6 is 0 Å². The van der Waals surface area contributed by atoms with Crippen molar-refractivity contribution in [3.05, 3.63) is 42.1 Å². The number of carbonyl (C=O) groups excluding carboxylic acids is 1. The van der Waals surface area contributed by atoms with Crippen molar-refractivity contribution in [3.8, 4) is 0 Å². The Hall–Kier alpha value is -2.63. The highest BCUT2D eigenvalue weighted by molar-refractivity contribution is 6.06. The van der Waals surface area contributed by atoms with Crippen molar-refractivity contribution in [1.82, 2.24) is 15.5 Å². The molecule has 6 nitrogen and oxygen atoms in total. The molecule has 0 aliphatic rings. The fourth-order valence-corrected chi connectivity index (χ4v) is 2.16. The van der Waals surface area contributed by atoms with Gasteiger partial charge in [0.15, 0.2) is 0 Å². The summed E-state index contributed by atoms with van der Waals surface area (Å²) >= 11 is 0. The first-order valence-corrected chi connectivity index (χ1v) is 6.61. The number of benzene rings is 1. The number of carboxylic acid groups (broad SMARTS) is 1. The van der Waals surface area contributed by atoms with E-state index in [1.807, 2.05) is 13.0 Å². The van der Waals surface area contributed by atoms with E-state index in [9.17, 15) is 9.59 Å². The lowest BCUT2D eigenvalue weighted by molar-refractivity contribution is -0.139. The van der Waals surface area contributed by atoms with Gasteiger partial charge in [0.05, 0.1) is 17.3 Å². The van der Waals surface area contributed by atoms with Gasteiger partial charge >= 0.3 is 5.97 Å². The van der Waals surface area contributed by atoms with E-state index in [1.165, 1.54) is 0 Å². The zero-order valence-corrected chi connectivity index (χ0v) is 11.7. The van der Waals surface area contributed by atoms with E-state index in [0.29, 0.717) is 23.9 Å². The third kappa shape index (κ3) is 3.28. The van der Waals surface area contributed by atoms with Crippen LogP contribution in [0.25, 0.3) is 10.9 Å². The number of aliphatic carboxylic acids is 1. The highest BCUT2D eigenvalue weighted by Gasteiger charge is 2.21. The van der Waals surface area contributed by atoms with Gasteiger partial charge in [-0.2, -0.15) is 5.10 Å². The number of carbonyl (C=O) groups is 2. The standard InChI is InChI=1S/C15H17N3O3/c1-3-4-5-12(15(20)21)17-14(19)11-7-9(2)6-10-8-16-18-13(10)11/h3,6-8,12H,1,4-5H2,2H3,(H,16,18)(H,17,19)(H,20,21). The van der Waals surface area contributed by atoms with Gasteiger partial charge in [-0.05, 0) is 37.5 Å². The van der Waals surface area contributed by atoms with Gasteiger partial charge in [0.1, 0.15) is 6.04 Å². The molecule has 1 aromatic heterocycles. The maximum Gasteiger partial charge on any atom is 0.326 e. The van der Waals surface area contributed by atoms with Crippen LogP contribution in [0.5, 0.6) is 0 Å². The number of H-pyrrole nitrogens is 1. The van der Waals surface area contributed by atoms with Gasteiger partial charge in [0, 0.05) is 5.39 Å². The SMILES string of the molecule is C=CCCC(NC(=O)c1cc(C)cc2cn[nH]c12)C(=O)O. The molecule has 0 spiro atoms. The molecule has 0 aliphatic heterocycles. The van der Waals surface area contributed by atoms with Crippen molar-refractivity contribution in [3.63, 3.8) is 0 Å². The Morgan fingerprint density at radius 1 is 1.52 bits per heavy atom. The first-order chi connectivity index (χ1) is 10.0. The lowest BCUT2D eigenvalue weighted by Gasteiger charge is -2.14. The van der Waals surface area contributed by atoms with Crippen LogP contribution in [0.3, 0.4) is 0 Å². The number of hydrogen-bond acceptors (Lipinski definition) is 3. The quantitative estimate of drug-likeness (QED) is 0.708. The average Bonchev–Trinajstić information content (AvgIpc) is 2.89. The van der Waals surface area contributed by atoms with Gasteiger partial charge in [-0.3, -0.25) is 9.89 Å². The van der Waals surface area contributed by atoms with Gasteiger partial charge in [0.25, 0.3) is 5.91 Å². The third-order valence-corrected chi connectivity index (χ3v) is 3.20. The lowest BCUT2D eigenvalue weighted by Crippen LogP contribution is -2.40. The lowest BCUT2D eigenvalue weighted by atomic mass is 10.1. The zero-order chi connectivity index (χ0) is 15.4. The summed E-state index contributed by atoms with van der Waals surface area (Å²) in [6.45, 7) is 5.43. The average molecular weight is 287 g/mol. The molecule has 0 bridgehead atoms. The minimum atomic E-state index is -1.06. The van der Waals surface area contributed by atoms with Gasteiger partial charge in [-0.15, -0.1) is 6.58 Å². The molecule has 1 heterocycles. The molecule has 0 saturated carbocycles. The molecule has 1 atom stereocenters. The van der Waals surface area contributed by atoms with E-state index < -0.39 is 17.9 Å². The third-order valence-electron chi connectivity index (χ3n) is 3.20. The second-order valence-corrected chi connectivity index (χ2v) is 4.88. The van der Waals surface area contributed by atoms with Crippen LogP contribution in [-0.2, 0) is 4.79 Å². The minimum Gasteiger partial charge on any atom is -0.480 e. The van der Waals surface area contributed by atoms with Gasteiger partial charge in [0.2, 0.25) is 0 Å². The molecule has 0 fully saturated rings. The Bertz CT molecular complexity index is 691. The van der Waals surface area contributed by atoms with Gasteiger partial charge in [-0.1, -0.05) is 6.08 Å². The number of fused-ring (bicyclic) bond motifs is 1. The fraction of sp³-hybridized carbons (Fsp3) is 0.267. The van der Waals surface area contributed by atoms with Crippen LogP contribution in [0.15, 0.2) is 31.0 Å². The Morgan fingerprint density at radius 3 is 2.95 bits per heavy atom. The number of amides is 1. The van der Waals surface area contributed by atoms with E-state index in [4.69, 9.17) is 5.11 Å². The molecule has 1 aromatic carbocycles. The van der Waals surface area contributed by atoms with Crippen LogP contribution in [0.4, 0.5) is 0 Å². The van der Waals surface area contributed by atoms with E-state index in [0.717, 1.165) is 10.9 Å². The van der Waals surface area contributed by atoms with Crippen molar-refractivity contribution in [2.24, 2.45) is 0 Å². The fourth-order valence-electron chi connectivity index (χ4n) is 2.16. The topological polar surface area (TPSA) is 95.1 Å². The molecule has 110 valence electrons. The predicted octanol–water partition coefficient (Wildman–Crippen LogP) is 2.02. The summed E-state index contributed by atoms with van der Waals surface area (Å²) in [5.74, 6) is -1.48. The van der Waals surface area contributed by atoms with Crippen LogP contribution in [-0.4, -0.2) is 33.2 Å². The van der Waals surface area contributed by atoms with Gasteiger partial charge in [-0.25, -0.2) is 4.79 Å². The van der Waals surface area contributed by atoms with Gasteiger partial charge < -0.3 is 10.4 Å². The zero-order valence-electron chi connectivity index (χ0n) is 11.7. The Labute approximate surface area is 121 Å². The monoisotopic (exact) mass is 287 g/mol. The highest BCUT2D eigenvalue weighted by Crippen LogP contribution is 2.18. The van der Waals surface area contributed by atoms with Crippen LogP contribution in [0.2, 0.25) is 0 Å². The van der Waals surface area contributed by atoms with Crippen molar-refractivity contribution in [2.45, 2.75) is 25.8 Å². The Kier molecular flexibility index (Phi) is 4.37. The number of aromatic nitrogens is 2. The molecule has 1 unspecified atom stereocenters. The van der Waals surface area contributed by atoms with E-state index in [1.54, 1.807) is 18.3 Å². The molecular formula is C15H17N3O3. The second kappa shape index (κ2) is 6.21. The molecule has 2 rings (SSSR count). The normalized spacial score (nSPS) is 12.0. The van der Waals surface area contributed by atoms with E-state index in [2.05, 4.69) is 22.1 Å². The first kappa shape index (κ1) is 14.8. The molecule has 21 heavy (non-hydrogen) atoms. The summed E-state index contributed by atoms with van der Waals surface area (Å²) in [4.78, 5) is 23.5. The first-order valence-electron chi connectivity index (χ1n) is 6.61.